The summed E-state index contributed by atoms with van der Waals surface area (Å²) in [5, 5.41) is 5.04. The summed E-state index contributed by atoms with van der Waals surface area (Å²) in [6.07, 6.45) is 6.89. The topological polar surface area (TPSA) is 12.0 Å². The second-order valence-corrected chi connectivity index (χ2v) is 6.65. The molecule has 0 atom stereocenters. The second-order valence-electron chi connectivity index (χ2n) is 5.50. The van der Waals surface area contributed by atoms with E-state index in [2.05, 4.69) is 59.9 Å². The Labute approximate surface area is 125 Å². The van der Waals surface area contributed by atoms with Gasteiger partial charge in [-0.05, 0) is 25.0 Å². The summed E-state index contributed by atoms with van der Waals surface area (Å²) in [4.78, 5) is 0. The quantitative estimate of drug-likeness (QED) is 0.835. The molecular formula is C18H25NSi. The highest BCUT2D eigenvalue weighted by Crippen LogP contribution is 2.21. The molecular weight excluding hydrogens is 258 g/mol. The molecule has 20 heavy (non-hydrogen) atoms. The SMILES string of the molecule is [SiH3]c1ccccc1.c1ccc(NC2CCCCC2)cc1. The van der Waals surface area contributed by atoms with Gasteiger partial charge in [0, 0.05) is 22.0 Å². The Morgan fingerprint density at radius 2 is 1.30 bits per heavy atom. The molecule has 0 amide bonds. The molecule has 0 spiro atoms. The molecule has 0 radical (unpaired) electrons. The van der Waals surface area contributed by atoms with Gasteiger partial charge in [0.2, 0.25) is 0 Å². The van der Waals surface area contributed by atoms with Crippen molar-refractivity contribution >= 4 is 21.1 Å². The normalized spacial score (nSPS) is 15.2. The average molecular weight is 283 g/mol. The minimum atomic E-state index is 0.719. The van der Waals surface area contributed by atoms with Gasteiger partial charge in [-0.15, -0.1) is 0 Å². The number of para-hydroxylation sites is 1. The van der Waals surface area contributed by atoms with E-state index in [9.17, 15) is 0 Å². The molecule has 2 heteroatoms. The van der Waals surface area contributed by atoms with Crippen molar-refractivity contribution in [2.45, 2.75) is 38.1 Å². The largest absolute Gasteiger partial charge is 0.382 e. The number of hydrogen-bond acceptors (Lipinski definition) is 1. The number of rotatable bonds is 2. The average Bonchev–Trinajstić information content (AvgIpc) is 2.51. The van der Waals surface area contributed by atoms with Gasteiger partial charge in [-0.2, -0.15) is 0 Å². The highest BCUT2D eigenvalue weighted by Gasteiger charge is 2.12. The molecule has 1 aliphatic carbocycles. The van der Waals surface area contributed by atoms with E-state index >= 15 is 0 Å². The molecule has 0 heterocycles. The summed E-state index contributed by atoms with van der Waals surface area (Å²) in [6.45, 7) is 0. The lowest BCUT2D eigenvalue weighted by molar-refractivity contribution is 0.463. The first-order valence-electron chi connectivity index (χ1n) is 7.68. The molecule has 1 aliphatic rings. The maximum atomic E-state index is 3.58. The first kappa shape index (κ1) is 14.9. The molecule has 0 saturated heterocycles. The minimum Gasteiger partial charge on any atom is -0.382 e. The Kier molecular flexibility index (Phi) is 6.38. The monoisotopic (exact) mass is 283 g/mol. The summed E-state index contributed by atoms with van der Waals surface area (Å²) in [5.74, 6) is 0. The van der Waals surface area contributed by atoms with Gasteiger partial charge in [0.05, 0.1) is 0 Å². The summed E-state index contributed by atoms with van der Waals surface area (Å²) in [7, 11) is 1.17. The zero-order chi connectivity index (χ0) is 14.0. The molecule has 2 aromatic rings. The van der Waals surface area contributed by atoms with E-state index in [-0.39, 0.29) is 0 Å². The van der Waals surface area contributed by atoms with Crippen molar-refractivity contribution < 1.29 is 0 Å². The van der Waals surface area contributed by atoms with Gasteiger partial charge in [0.15, 0.2) is 0 Å². The van der Waals surface area contributed by atoms with Crippen LogP contribution >= 0.6 is 0 Å². The van der Waals surface area contributed by atoms with Crippen LogP contribution in [0.1, 0.15) is 32.1 Å². The van der Waals surface area contributed by atoms with E-state index in [0.717, 1.165) is 6.04 Å². The Balaban J connectivity index is 0.000000178. The van der Waals surface area contributed by atoms with Gasteiger partial charge in [-0.25, -0.2) is 0 Å². The van der Waals surface area contributed by atoms with Crippen LogP contribution in [0.3, 0.4) is 0 Å². The molecule has 0 unspecified atom stereocenters. The summed E-state index contributed by atoms with van der Waals surface area (Å²) >= 11 is 0. The Hall–Kier alpha value is -1.54. The van der Waals surface area contributed by atoms with Gasteiger partial charge in [0.1, 0.15) is 0 Å². The first-order chi connectivity index (χ1) is 9.84. The maximum absolute atomic E-state index is 3.58. The predicted molar refractivity (Wildman–Crippen MR) is 93.0 cm³/mol. The Morgan fingerprint density at radius 3 is 1.80 bits per heavy atom. The number of nitrogens with one attached hydrogen (secondary N) is 1. The fourth-order valence-electron chi connectivity index (χ4n) is 2.55. The highest BCUT2D eigenvalue weighted by atomic mass is 28.1. The van der Waals surface area contributed by atoms with Crippen molar-refractivity contribution in [3.05, 3.63) is 60.7 Å². The molecule has 2 aromatic carbocycles. The van der Waals surface area contributed by atoms with E-state index in [1.165, 1.54) is 53.2 Å². The van der Waals surface area contributed by atoms with Gasteiger partial charge in [0.25, 0.3) is 0 Å². The second kappa shape index (κ2) is 8.59. The van der Waals surface area contributed by atoms with Crippen molar-refractivity contribution in [1.82, 2.24) is 0 Å². The van der Waals surface area contributed by atoms with Crippen LogP contribution in [-0.4, -0.2) is 16.3 Å². The molecule has 0 aliphatic heterocycles. The number of benzene rings is 2. The molecule has 106 valence electrons. The third kappa shape index (κ3) is 5.62. The van der Waals surface area contributed by atoms with Crippen LogP contribution in [0.25, 0.3) is 0 Å². The maximum Gasteiger partial charge on any atom is 0.0384 e. The van der Waals surface area contributed by atoms with Crippen LogP contribution in [0, 0.1) is 0 Å². The van der Waals surface area contributed by atoms with E-state index < -0.39 is 0 Å². The Morgan fingerprint density at radius 1 is 0.750 bits per heavy atom. The lowest BCUT2D eigenvalue weighted by Gasteiger charge is -2.23. The van der Waals surface area contributed by atoms with E-state index in [4.69, 9.17) is 0 Å². The summed E-state index contributed by atoms with van der Waals surface area (Å²) in [5.41, 5.74) is 1.27. The number of anilines is 1. The highest BCUT2D eigenvalue weighted by molar-refractivity contribution is 6.32. The molecule has 0 aromatic heterocycles. The van der Waals surface area contributed by atoms with Crippen LogP contribution in [-0.2, 0) is 0 Å². The third-order valence-electron chi connectivity index (χ3n) is 3.69. The van der Waals surface area contributed by atoms with Gasteiger partial charge in [-0.1, -0.05) is 73.0 Å². The molecule has 3 rings (SSSR count). The van der Waals surface area contributed by atoms with E-state index in [1.54, 1.807) is 0 Å². The van der Waals surface area contributed by atoms with Gasteiger partial charge < -0.3 is 5.32 Å². The smallest absolute Gasteiger partial charge is 0.0384 e. The fourth-order valence-corrected chi connectivity index (χ4v) is 2.94. The van der Waals surface area contributed by atoms with Crippen LogP contribution < -0.4 is 10.5 Å². The van der Waals surface area contributed by atoms with E-state index in [1.807, 2.05) is 6.07 Å². The molecule has 1 fully saturated rings. The van der Waals surface area contributed by atoms with Crippen molar-refractivity contribution in [1.29, 1.82) is 0 Å². The van der Waals surface area contributed by atoms with Crippen molar-refractivity contribution in [3.8, 4) is 0 Å². The third-order valence-corrected chi connectivity index (χ3v) is 4.36. The van der Waals surface area contributed by atoms with Crippen LogP contribution in [0.2, 0.25) is 0 Å². The van der Waals surface area contributed by atoms with E-state index in [0.29, 0.717) is 0 Å². The number of hydrogen-bond donors (Lipinski definition) is 1. The fraction of sp³-hybridized carbons (Fsp3) is 0.333. The molecule has 1 N–H and O–H groups in total. The lowest BCUT2D eigenvalue weighted by atomic mass is 9.95. The minimum absolute atomic E-state index is 0.719. The molecule has 1 nitrogen and oxygen atoms in total. The predicted octanol–water partition coefficient (Wildman–Crippen LogP) is 3.11. The molecule has 0 bridgehead atoms. The van der Waals surface area contributed by atoms with Crippen molar-refractivity contribution in [2.75, 3.05) is 5.32 Å². The van der Waals surface area contributed by atoms with Gasteiger partial charge in [-0.3, -0.25) is 0 Å². The van der Waals surface area contributed by atoms with Crippen molar-refractivity contribution in [2.24, 2.45) is 0 Å². The zero-order valence-electron chi connectivity index (χ0n) is 12.4. The van der Waals surface area contributed by atoms with Crippen LogP contribution in [0.15, 0.2) is 60.7 Å². The standard InChI is InChI=1S/C12H17N.C6H8Si/c1-3-7-11(8-4-1)13-12-9-5-2-6-10-12;7-6-4-2-1-3-5-6/h1,3-4,7-8,12-13H,2,5-6,9-10H2;1-5H,7H3. The summed E-state index contributed by atoms with van der Waals surface area (Å²) < 4.78 is 0. The zero-order valence-corrected chi connectivity index (χ0v) is 14.4. The first-order valence-corrected chi connectivity index (χ1v) is 8.68. The van der Waals surface area contributed by atoms with Crippen LogP contribution in [0.5, 0.6) is 0 Å². The lowest BCUT2D eigenvalue weighted by Crippen LogP contribution is -2.21. The molecule has 1 saturated carbocycles. The van der Waals surface area contributed by atoms with Crippen LogP contribution in [0.4, 0.5) is 5.69 Å². The Bertz CT molecular complexity index is 463. The van der Waals surface area contributed by atoms with Crippen molar-refractivity contribution in [3.63, 3.8) is 0 Å². The summed E-state index contributed by atoms with van der Waals surface area (Å²) in [6, 6.07) is 21.7. The van der Waals surface area contributed by atoms with Gasteiger partial charge >= 0.3 is 0 Å².